The van der Waals surface area contributed by atoms with Crippen molar-refractivity contribution in [1.29, 1.82) is 0 Å². The van der Waals surface area contributed by atoms with Gasteiger partial charge < -0.3 is 4.90 Å². The number of carbonyl (C=O) groups excluding carboxylic acids is 1. The van der Waals surface area contributed by atoms with Gasteiger partial charge in [-0.15, -0.1) is 0 Å². The van der Waals surface area contributed by atoms with E-state index in [1.165, 1.54) is 13.0 Å². The number of aryl methyl sites for hydroxylation is 2. The molecule has 1 aromatic carbocycles. The zero-order chi connectivity index (χ0) is 26.2. The summed E-state index contributed by atoms with van der Waals surface area (Å²) in [5.41, 5.74) is -1.67. The van der Waals surface area contributed by atoms with Crippen LogP contribution in [0.3, 0.4) is 0 Å². The lowest BCUT2D eigenvalue weighted by Crippen LogP contribution is -2.26. The topological polar surface area (TPSA) is 59.6 Å². The van der Waals surface area contributed by atoms with Gasteiger partial charge in [-0.05, 0) is 31.0 Å². The van der Waals surface area contributed by atoms with Gasteiger partial charge in [-0.1, -0.05) is 22.0 Å². The third-order valence-electron chi connectivity index (χ3n) is 3.66. The Bertz CT molecular complexity index is 1350. The normalized spacial score (nSPS) is 21.8. The lowest BCUT2D eigenvalue weighted by atomic mass is 10.0. The number of alkyl halides is 1. The fourth-order valence-corrected chi connectivity index (χ4v) is 2.96. The minimum atomic E-state index is -3.42. The van der Waals surface area contributed by atoms with E-state index in [1.807, 2.05) is 0 Å². The molecule has 1 unspecified atom stereocenters. The number of aromatic nitrogens is 3. The van der Waals surface area contributed by atoms with Crippen LogP contribution in [0.1, 0.15) is 47.0 Å². The maximum absolute atomic E-state index is 13.4. The van der Waals surface area contributed by atoms with E-state index in [0.717, 1.165) is 10.7 Å². The maximum Gasteiger partial charge on any atom is 0.275 e. The largest absolute Gasteiger partial charge is 0.343 e. The number of halogens is 1. The number of hydrogen-bond acceptors (Lipinski definition) is 3. The van der Waals surface area contributed by atoms with Gasteiger partial charge in [-0.2, -0.15) is 0 Å². The average molecular weight is 401 g/mol. The van der Waals surface area contributed by atoms with E-state index in [4.69, 9.17) is 13.7 Å². The summed E-state index contributed by atoms with van der Waals surface area (Å²) in [4.78, 5) is 28.6. The number of carbonyl (C=O) groups is 1. The maximum atomic E-state index is 13.4. The van der Waals surface area contributed by atoms with E-state index in [-0.39, 0.29) is 21.4 Å². The molecule has 0 fully saturated rings. The summed E-state index contributed by atoms with van der Waals surface area (Å²) in [6.07, 6.45) is 0.987. The highest BCUT2D eigenvalue weighted by Crippen LogP contribution is 2.30. The number of fused-ring (bicyclic) bond motifs is 3. The van der Waals surface area contributed by atoms with Crippen LogP contribution in [-0.2, 0) is 6.98 Å². The lowest BCUT2D eigenvalue weighted by Gasteiger charge is -2.15. The van der Waals surface area contributed by atoms with Crippen LogP contribution in [0.2, 0.25) is 0 Å². The summed E-state index contributed by atoms with van der Waals surface area (Å²) in [6, 6.07) is 3.00. The molecule has 3 aromatic rings. The zero-order valence-corrected chi connectivity index (χ0v) is 14.3. The van der Waals surface area contributed by atoms with E-state index >= 15 is 0 Å². The standard InChI is InChI=1S/C17H19BrN4O2/c1-9-6-11(10(2)18)14-12(7-9)16(23)21(5)15-13(17(24)20(3)4)19-8-22(14)15/h6-8,10H,1-5H3/i3D3,4D3,5D3,10D. The van der Waals surface area contributed by atoms with Crippen LogP contribution in [0.5, 0.6) is 0 Å². The third kappa shape index (κ3) is 2.34. The summed E-state index contributed by atoms with van der Waals surface area (Å²) in [5.74, 6) is -1.61. The van der Waals surface area contributed by atoms with Crippen molar-refractivity contribution in [3.8, 4) is 0 Å². The number of hydrogen-bond donors (Lipinski definition) is 0. The number of benzene rings is 1. The molecule has 24 heavy (non-hydrogen) atoms. The van der Waals surface area contributed by atoms with Crippen LogP contribution in [0.25, 0.3) is 16.6 Å². The van der Waals surface area contributed by atoms with Crippen LogP contribution in [0.15, 0.2) is 23.3 Å². The Hall–Kier alpha value is -2.15. The first-order chi connectivity index (χ1) is 15.2. The molecule has 0 spiro atoms. The molecule has 1 atom stereocenters. The van der Waals surface area contributed by atoms with E-state index in [0.29, 0.717) is 10.1 Å². The Morgan fingerprint density at radius 3 is 2.83 bits per heavy atom. The molecule has 126 valence electrons. The monoisotopic (exact) mass is 400 g/mol. The highest BCUT2D eigenvalue weighted by Gasteiger charge is 2.22. The number of nitrogens with zero attached hydrogens (tertiary/aromatic N) is 4. The van der Waals surface area contributed by atoms with Gasteiger partial charge in [0.1, 0.15) is 6.33 Å². The summed E-state index contributed by atoms with van der Waals surface area (Å²) >= 11 is 3.21. The SMILES string of the molecule is [2H]C(C)(Br)c1cc(C)cc2c(=O)n(C([2H])([2H])[2H])c3c(C(=O)N(C([2H])([2H])[2H])C([2H])([2H])[2H])ncn3c12. The molecule has 0 aliphatic heterocycles. The number of amides is 1. The molecule has 0 radical (unpaired) electrons. The molecule has 0 aliphatic rings. The quantitative estimate of drug-likeness (QED) is 0.621. The Morgan fingerprint density at radius 2 is 2.21 bits per heavy atom. The second-order valence-electron chi connectivity index (χ2n) is 5.31. The Kier molecular flexibility index (Phi) is 1.98. The summed E-state index contributed by atoms with van der Waals surface area (Å²) in [5, 5.41) is -0.0866. The second-order valence-corrected chi connectivity index (χ2v) is 6.50. The van der Waals surface area contributed by atoms with Gasteiger partial charge >= 0.3 is 0 Å². The van der Waals surface area contributed by atoms with E-state index < -0.39 is 48.5 Å². The minimum absolute atomic E-state index is 0.0568. The van der Waals surface area contributed by atoms with Gasteiger partial charge in [0.25, 0.3) is 11.5 Å². The smallest absolute Gasteiger partial charge is 0.275 e. The van der Waals surface area contributed by atoms with Gasteiger partial charge in [0.2, 0.25) is 0 Å². The van der Waals surface area contributed by atoms with E-state index in [1.54, 1.807) is 13.0 Å². The second kappa shape index (κ2) is 5.73. The van der Waals surface area contributed by atoms with Crippen molar-refractivity contribution in [3.63, 3.8) is 0 Å². The Balaban J connectivity index is 2.60. The molecule has 1 amide bonds. The minimum Gasteiger partial charge on any atom is -0.343 e. The van der Waals surface area contributed by atoms with Crippen molar-refractivity contribution < 1.29 is 18.5 Å². The molecule has 3 rings (SSSR count). The van der Waals surface area contributed by atoms with Crippen LogP contribution in [0.4, 0.5) is 0 Å². The molecule has 0 aliphatic carbocycles. The average Bonchev–Trinajstić information content (AvgIpc) is 3.01. The Morgan fingerprint density at radius 1 is 1.46 bits per heavy atom. The number of imidazole rings is 1. The molecule has 0 saturated carbocycles. The third-order valence-corrected chi connectivity index (χ3v) is 4.09. The van der Waals surface area contributed by atoms with Crippen LogP contribution in [-0.4, -0.2) is 38.7 Å². The lowest BCUT2D eigenvalue weighted by molar-refractivity contribution is 0.0824. The van der Waals surface area contributed by atoms with Crippen molar-refractivity contribution in [1.82, 2.24) is 18.9 Å². The summed E-state index contributed by atoms with van der Waals surface area (Å²) < 4.78 is 78.5. The van der Waals surface area contributed by atoms with Crippen LogP contribution < -0.4 is 5.56 Å². The van der Waals surface area contributed by atoms with Crippen molar-refractivity contribution in [2.75, 3.05) is 14.0 Å². The fraction of sp³-hybridized carbons (Fsp3) is 0.353. The van der Waals surface area contributed by atoms with E-state index in [9.17, 15) is 9.59 Å². The van der Waals surface area contributed by atoms with Crippen molar-refractivity contribution in [2.24, 2.45) is 6.98 Å². The van der Waals surface area contributed by atoms with Crippen molar-refractivity contribution >= 4 is 38.4 Å². The molecule has 2 aromatic heterocycles. The van der Waals surface area contributed by atoms with Gasteiger partial charge in [0.15, 0.2) is 11.3 Å². The predicted molar refractivity (Wildman–Crippen MR) is 98.0 cm³/mol. The summed E-state index contributed by atoms with van der Waals surface area (Å²) in [7, 11) is 0. The first-order valence-electron chi connectivity index (χ1n) is 11.8. The van der Waals surface area contributed by atoms with Gasteiger partial charge in [0, 0.05) is 39.4 Å². The summed E-state index contributed by atoms with van der Waals surface area (Å²) in [6.45, 7) is -6.86. The van der Waals surface area contributed by atoms with Crippen LogP contribution in [0, 0.1) is 6.92 Å². The molecular weight excluding hydrogens is 372 g/mol. The van der Waals surface area contributed by atoms with Gasteiger partial charge in [-0.3, -0.25) is 18.6 Å². The molecule has 0 N–H and O–H groups in total. The predicted octanol–water partition coefficient (Wildman–Crippen LogP) is 2.65. The highest BCUT2D eigenvalue weighted by molar-refractivity contribution is 9.09. The number of rotatable bonds is 2. The van der Waals surface area contributed by atoms with Crippen molar-refractivity contribution in [3.05, 3.63) is 45.6 Å². The van der Waals surface area contributed by atoms with Crippen LogP contribution >= 0.6 is 15.9 Å². The fourth-order valence-electron chi connectivity index (χ4n) is 2.66. The molecule has 6 nitrogen and oxygen atoms in total. The van der Waals surface area contributed by atoms with Gasteiger partial charge in [-0.25, -0.2) is 4.98 Å². The first kappa shape index (κ1) is 8.29. The highest BCUT2D eigenvalue weighted by atomic mass is 79.9. The van der Waals surface area contributed by atoms with E-state index in [2.05, 4.69) is 20.9 Å². The molecule has 0 saturated heterocycles. The Labute approximate surface area is 161 Å². The van der Waals surface area contributed by atoms with Crippen molar-refractivity contribution in [2.45, 2.75) is 18.7 Å². The molecule has 7 heteroatoms. The molecule has 2 heterocycles. The zero-order valence-electron chi connectivity index (χ0n) is 22.7. The molecule has 0 bridgehead atoms. The van der Waals surface area contributed by atoms with Gasteiger partial charge in [0.05, 0.1) is 10.9 Å². The first-order valence-corrected chi connectivity index (χ1v) is 7.57. The molecular formula is C17H19BrN4O2.